The molecule has 0 fully saturated rings. The number of hydrogen-bond acceptors (Lipinski definition) is 6. The van der Waals surface area contributed by atoms with Gasteiger partial charge in [-0.1, -0.05) is 0 Å². The van der Waals surface area contributed by atoms with Gasteiger partial charge in [-0.25, -0.2) is 19.9 Å². The number of fused-ring (bicyclic) bond motifs is 2. The lowest BCUT2D eigenvalue weighted by Gasteiger charge is -2.21. The molecule has 2 N–H and O–H groups in total. The van der Waals surface area contributed by atoms with Crippen molar-refractivity contribution in [3.05, 3.63) is 22.8 Å². The van der Waals surface area contributed by atoms with E-state index in [9.17, 15) is 0 Å². The fraction of sp³-hybridized carbons (Fsp3) is 0.333. The van der Waals surface area contributed by atoms with E-state index in [4.69, 9.17) is 0 Å². The van der Waals surface area contributed by atoms with Gasteiger partial charge in [-0.2, -0.15) is 0 Å². The van der Waals surface area contributed by atoms with E-state index in [1.165, 1.54) is 0 Å². The fourth-order valence-corrected chi connectivity index (χ4v) is 1.78. The molecule has 0 atom stereocenters. The molecular weight excluding hydrogens is 228 g/mol. The van der Waals surface area contributed by atoms with E-state index in [1.807, 2.05) is 27.7 Å². The predicted molar refractivity (Wildman–Crippen MR) is 69.6 cm³/mol. The maximum atomic E-state index is 4.46. The average Bonchev–Trinajstić information content (AvgIpc) is 2.31. The summed E-state index contributed by atoms with van der Waals surface area (Å²) in [4.78, 5) is 17.8. The van der Waals surface area contributed by atoms with E-state index in [0.717, 1.165) is 22.8 Å². The van der Waals surface area contributed by atoms with E-state index in [2.05, 4.69) is 30.6 Å². The van der Waals surface area contributed by atoms with Gasteiger partial charge in [0.25, 0.3) is 0 Å². The van der Waals surface area contributed by atoms with Gasteiger partial charge in [-0.15, -0.1) is 0 Å². The largest absolute Gasteiger partial charge is 0.319 e. The second-order valence-corrected chi connectivity index (χ2v) is 4.43. The Kier molecular flexibility index (Phi) is 2.19. The van der Waals surface area contributed by atoms with Crippen LogP contribution >= 0.6 is 0 Å². The van der Waals surface area contributed by atoms with Crippen molar-refractivity contribution in [2.24, 2.45) is 0 Å². The van der Waals surface area contributed by atoms with Crippen LogP contribution in [-0.4, -0.2) is 19.9 Å². The number of rotatable bonds is 0. The Balaban J connectivity index is 2.12. The summed E-state index contributed by atoms with van der Waals surface area (Å²) >= 11 is 0. The Hall–Kier alpha value is -2.24. The average molecular weight is 242 g/mol. The molecule has 0 bridgehead atoms. The Morgan fingerprint density at radius 1 is 0.500 bits per heavy atom. The number of hydrogen-bond donors (Lipinski definition) is 2. The predicted octanol–water partition coefficient (Wildman–Crippen LogP) is 2.30. The van der Waals surface area contributed by atoms with Gasteiger partial charge in [0.2, 0.25) is 0 Å². The first-order valence-corrected chi connectivity index (χ1v) is 5.79. The molecule has 6 heteroatoms. The highest BCUT2D eigenvalue weighted by Gasteiger charge is 2.20. The molecule has 3 heterocycles. The minimum atomic E-state index is 0.697. The van der Waals surface area contributed by atoms with Crippen LogP contribution in [0.25, 0.3) is 0 Å². The molecule has 92 valence electrons. The first kappa shape index (κ1) is 10.9. The standard InChI is InChI=1S/C12H14N6/c1-5-6(2)14-10-9(13-5)17-11-12(18-10)16-8(4)7(3)15-11/h1-4H3,(H,13,15,17)(H,14,16,18). The molecule has 0 aromatic carbocycles. The summed E-state index contributed by atoms with van der Waals surface area (Å²) in [6.07, 6.45) is 0. The maximum absolute atomic E-state index is 4.46. The Morgan fingerprint density at radius 3 is 0.944 bits per heavy atom. The molecule has 0 saturated heterocycles. The Morgan fingerprint density at radius 2 is 0.722 bits per heavy atom. The molecule has 0 spiro atoms. The van der Waals surface area contributed by atoms with Gasteiger partial charge >= 0.3 is 0 Å². The molecule has 2 aromatic heterocycles. The van der Waals surface area contributed by atoms with Gasteiger partial charge in [0.1, 0.15) is 0 Å². The van der Waals surface area contributed by atoms with Crippen molar-refractivity contribution < 1.29 is 0 Å². The molecule has 1 aliphatic heterocycles. The summed E-state index contributed by atoms with van der Waals surface area (Å²) in [5.41, 5.74) is 3.62. The summed E-state index contributed by atoms with van der Waals surface area (Å²) < 4.78 is 0. The second-order valence-electron chi connectivity index (χ2n) is 4.43. The molecule has 18 heavy (non-hydrogen) atoms. The van der Waals surface area contributed by atoms with Crippen LogP contribution in [0.4, 0.5) is 23.3 Å². The van der Waals surface area contributed by atoms with Crippen molar-refractivity contribution >= 4 is 23.3 Å². The lowest BCUT2D eigenvalue weighted by molar-refractivity contribution is 1.00. The molecule has 3 rings (SSSR count). The lowest BCUT2D eigenvalue weighted by atomic mass is 10.3. The van der Waals surface area contributed by atoms with Crippen molar-refractivity contribution in [3.8, 4) is 0 Å². The van der Waals surface area contributed by atoms with Gasteiger partial charge in [0, 0.05) is 0 Å². The molecule has 0 unspecified atom stereocenters. The van der Waals surface area contributed by atoms with Crippen LogP contribution in [0, 0.1) is 27.7 Å². The van der Waals surface area contributed by atoms with Crippen LogP contribution in [-0.2, 0) is 0 Å². The minimum Gasteiger partial charge on any atom is -0.319 e. The summed E-state index contributed by atoms with van der Waals surface area (Å²) in [6.45, 7) is 7.75. The third kappa shape index (κ3) is 1.57. The van der Waals surface area contributed by atoms with E-state index < -0.39 is 0 Å². The maximum Gasteiger partial charge on any atom is 0.175 e. The van der Waals surface area contributed by atoms with E-state index in [-0.39, 0.29) is 0 Å². The highest BCUT2D eigenvalue weighted by atomic mass is 15.2. The highest BCUT2D eigenvalue weighted by Crippen LogP contribution is 2.34. The number of aryl methyl sites for hydroxylation is 4. The normalized spacial score (nSPS) is 12.2. The van der Waals surface area contributed by atoms with E-state index >= 15 is 0 Å². The third-order valence-corrected chi connectivity index (χ3v) is 3.09. The number of nitrogens with zero attached hydrogens (tertiary/aromatic N) is 4. The number of nitrogens with one attached hydrogen (secondary N) is 2. The van der Waals surface area contributed by atoms with Crippen molar-refractivity contribution in [2.75, 3.05) is 10.6 Å². The van der Waals surface area contributed by atoms with Crippen LogP contribution in [0.5, 0.6) is 0 Å². The van der Waals surface area contributed by atoms with Crippen molar-refractivity contribution in [1.82, 2.24) is 19.9 Å². The first-order chi connectivity index (χ1) is 8.54. The van der Waals surface area contributed by atoms with Crippen molar-refractivity contribution in [1.29, 1.82) is 0 Å². The van der Waals surface area contributed by atoms with Crippen molar-refractivity contribution in [2.45, 2.75) is 27.7 Å². The Bertz CT molecular complexity index is 538. The first-order valence-electron chi connectivity index (χ1n) is 5.79. The molecule has 2 aromatic rings. The van der Waals surface area contributed by atoms with Crippen LogP contribution in [0.1, 0.15) is 22.8 Å². The smallest absolute Gasteiger partial charge is 0.175 e. The third-order valence-electron chi connectivity index (χ3n) is 3.09. The van der Waals surface area contributed by atoms with E-state index in [1.54, 1.807) is 0 Å². The fourth-order valence-electron chi connectivity index (χ4n) is 1.78. The summed E-state index contributed by atoms with van der Waals surface area (Å²) in [6, 6.07) is 0. The van der Waals surface area contributed by atoms with Gasteiger partial charge in [0.05, 0.1) is 22.8 Å². The topological polar surface area (TPSA) is 75.6 Å². The van der Waals surface area contributed by atoms with Crippen LogP contribution in [0.2, 0.25) is 0 Å². The Labute approximate surface area is 105 Å². The highest BCUT2D eigenvalue weighted by molar-refractivity contribution is 5.82. The SMILES string of the molecule is Cc1nc2c(nc1C)Nc1nc(C)c(C)nc1N2. The summed E-state index contributed by atoms with van der Waals surface area (Å²) in [5.74, 6) is 2.79. The minimum absolute atomic E-state index is 0.697. The molecule has 0 radical (unpaired) electrons. The van der Waals surface area contributed by atoms with Crippen LogP contribution in [0.3, 0.4) is 0 Å². The molecular formula is C12H14N6. The monoisotopic (exact) mass is 242 g/mol. The zero-order valence-electron chi connectivity index (χ0n) is 10.8. The number of aromatic nitrogens is 4. The summed E-state index contributed by atoms with van der Waals surface area (Å²) in [7, 11) is 0. The zero-order valence-corrected chi connectivity index (χ0v) is 10.8. The number of anilines is 4. The molecule has 0 saturated carbocycles. The van der Waals surface area contributed by atoms with Crippen molar-refractivity contribution in [3.63, 3.8) is 0 Å². The van der Waals surface area contributed by atoms with Gasteiger partial charge in [-0.3, -0.25) is 0 Å². The van der Waals surface area contributed by atoms with Gasteiger partial charge in [-0.05, 0) is 27.7 Å². The quantitative estimate of drug-likeness (QED) is 0.630. The van der Waals surface area contributed by atoms with Gasteiger partial charge in [0.15, 0.2) is 23.3 Å². The molecule has 6 nitrogen and oxygen atoms in total. The molecule has 1 aliphatic rings. The lowest BCUT2D eigenvalue weighted by Crippen LogP contribution is -2.15. The molecule has 0 amide bonds. The van der Waals surface area contributed by atoms with Crippen LogP contribution in [0.15, 0.2) is 0 Å². The molecule has 0 aliphatic carbocycles. The van der Waals surface area contributed by atoms with E-state index in [0.29, 0.717) is 23.3 Å². The van der Waals surface area contributed by atoms with Gasteiger partial charge < -0.3 is 10.6 Å². The zero-order chi connectivity index (χ0) is 12.9. The summed E-state index contributed by atoms with van der Waals surface area (Å²) in [5, 5.41) is 6.33. The van der Waals surface area contributed by atoms with Crippen LogP contribution < -0.4 is 10.6 Å². The second kappa shape index (κ2) is 3.63.